The predicted octanol–water partition coefficient (Wildman–Crippen LogP) is 5.14. The molecule has 0 atom stereocenters. The number of benzene rings is 1. The molecule has 0 fully saturated rings. The van der Waals surface area contributed by atoms with Gasteiger partial charge in [-0.05, 0) is 24.7 Å². The quantitative estimate of drug-likeness (QED) is 0.435. The zero-order valence-electron chi connectivity index (χ0n) is 12.3. The summed E-state index contributed by atoms with van der Waals surface area (Å²) in [6.07, 6.45) is 10.4. The number of Topliss-reactive ketones (excluding diaryl/α,β-unsaturated/α-hetero) is 1. The number of rotatable bonds is 10. The van der Waals surface area contributed by atoms with Crippen LogP contribution in [0.1, 0.15) is 61.4 Å². The van der Waals surface area contributed by atoms with Crippen molar-refractivity contribution in [2.45, 2.75) is 51.9 Å². The van der Waals surface area contributed by atoms with E-state index in [2.05, 4.69) is 19.1 Å². The summed E-state index contributed by atoms with van der Waals surface area (Å²) in [4.78, 5) is 11.8. The van der Waals surface area contributed by atoms with Crippen molar-refractivity contribution in [1.29, 1.82) is 0 Å². The smallest absolute Gasteiger partial charge is 0.163 e. The van der Waals surface area contributed by atoms with Crippen LogP contribution in [0.4, 0.5) is 0 Å². The molecule has 0 heterocycles. The molecule has 1 rings (SSSR count). The molecule has 0 aromatic heterocycles. The van der Waals surface area contributed by atoms with Crippen molar-refractivity contribution in [2.75, 3.05) is 12.0 Å². The Morgan fingerprint density at radius 2 is 1.74 bits per heavy atom. The minimum atomic E-state index is 0.267. The molecular formula is C17H26OS. The second-order valence-electron chi connectivity index (χ2n) is 5.03. The third-order valence-electron chi connectivity index (χ3n) is 3.38. The van der Waals surface area contributed by atoms with Gasteiger partial charge in [-0.25, -0.2) is 0 Å². The first kappa shape index (κ1) is 16.3. The minimum absolute atomic E-state index is 0.267. The molecule has 1 nitrogen and oxygen atoms in total. The average Bonchev–Trinajstić information content (AvgIpc) is 2.45. The molecule has 0 aliphatic heterocycles. The molecule has 0 saturated carbocycles. The first-order valence-corrected chi connectivity index (χ1v) is 8.78. The van der Waals surface area contributed by atoms with Crippen LogP contribution in [0, 0.1) is 0 Å². The number of unbranched alkanes of at least 4 members (excludes halogenated alkanes) is 4. The molecule has 0 N–H and O–H groups in total. The fourth-order valence-corrected chi connectivity index (χ4v) is 2.52. The van der Waals surface area contributed by atoms with Gasteiger partial charge in [-0.3, -0.25) is 4.79 Å². The first-order valence-electron chi connectivity index (χ1n) is 7.39. The van der Waals surface area contributed by atoms with Crippen LogP contribution < -0.4 is 0 Å². The Labute approximate surface area is 122 Å². The van der Waals surface area contributed by atoms with Gasteiger partial charge in [-0.2, -0.15) is 11.8 Å². The van der Waals surface area contributed by atoms with Crippen LogP contribution in [-0.4, -0.2) is 17.8 Å². The fourth-order valence-electron chi connectivity index (χ4n) is 2.13. The zero-order valence-corrected chi connectivity index (χ0v) is 13.1. The largest absolute Gasteiger partial charge is 0.294 e. The van der Waals surface area contributed by atoms with E-state index < -0.39 is 0 Å². The Morgan fingerprint density at radius 3 is 2.37 bits per heavy atom. The summed E-state index contributed by atoms with van der Waals surface area (Å²) in [7, 11) is 0. The molecule has 0 unspecified atom stereocenters. The van der Waals surface area contributed by atoms with Crippen molar-refractivity contribution in [3.8, 4) is 0 Å². The maximum atomic E-state index is 11.8. The number of ketones is 1. The lowest BCUT2D eigenvalue weighted by molar-refractivity contribution is 0.0989. The topological polar surface area (TPSA) is 17.1 Å². The zero-order chi connectivity index (χ0) is 13.9. The molecular weight excluding hydrogens is 252 g/mol. The summed E-state index contributed by atoms with van der Waals surface area (Å²) in [6.45, 7) is 2.24. The molecule has 0 amide bonds. The lowest BCUT2D eigenvalue weighted by atomic mass is 10.0. The predicted molar refractivity (Wildman–Crippen MR) is 86.2 cm³/mol. The number of carbonyl (C=O) groups is 1. The highest BCUT2D eigenvalue weighted by atomic mass is 32.2. The summed E-state index contributed by atoms with van der Waals surface area (Å²) in [5.74, 6) is 1.18. The van der Waals surface area contributed by atoms with Crippen LogP contribution in [0.2, 0.25) is 0 Å². The van der Waals surface area contributed by atoms with Gasteiger partial charge in [-0.1, -0.05) is 56.9 Å². The maximum Gasteiger partial charge on any atom is 0.163 e. The van der Waals surface area contributed by atoms with Crippen molar-refractivity contribution < 1.29 is 4.79 Å². The Hall–Kier alpha value is -0.760. The maximum absolute atomic E-state index is 11.8. The summed E-state index contributed by atoms with van der Waals surface area (Å²) in [6, 6.07) is 8.21. The van der Waals surface area contributed by atoms with Crippen molar-refractivity contribution in [1.82, 2.24) is 0 Å². The van der Waals surface area contributed by atoms with E-state index >= 15 is 0 Å². The van der Waals surface area contributed by atoms with Crippen molar-refractivity contribution in [3.05, 3.63) is 35.4 Å². The second kappa shape index (κ2) is 10.1. The van der Waals surface area contributed by atoms with E-state index in [9.17, 15) is 4.79 Å². The molecule has 2 heteroatoms. The van der Waals surface area contributed by atoms with Crippen LogP contribution in [0.3, 0.4) is 0 Å². The minimum Gasteiger partial charge on any atom is -0.294 e. The third-order valence-corrected chi connectivity index (χ3v) is 3.99. The molecule has 0 aliphatic carbocycles. The van der Waals surface area contributed by atoms with E-state index in [1.807, 2.05) is 18.4 Å². The fraction of sp³-hybridized carbons (Fsp3) is 0.588. The molecule has 0 spiro atoms. The average molecular weight is 278 g/mol. The molecule has 0 bridgehead atoms. The molecule has 1 aromatic rings. The van der Waals surface area contributed by atoms with Crippen LogP contribution in [0.15, 0.2) is 24.3 Å². The van der Waals surface area contributed by atoms with Gasteiger partial charge in [0.2, 0.25) is 0 Å². The lowest BCUT2D eigenvalue weighted by Crippen LogP contribution is -2.00. The van der Waals surface area contributed by atoms with Crippen molar-refractivity contribution >= 4 is 17.5 Å². The van der Waals surface area contributed by atoms with Gasteiger partial charge in [-0.15, -0.1) is 0 Å². The number of thioether (sulfide) groups is 1. The van der Waals surface area contributed by atoms with Gasteiger partial charge in [0.25, 0.3) is 0 Å². The highest BCUT2D eigenvalue weighted by Gasteiger charge is 2.04. The monoisotopic (exact) mass is 278 g/mol. The summed E-state index contributed by atoms with van der Waals surface area (Å²) in [5.41, 5.74) is 2.22. The Kier molecular flexibility index (Phi) is 8.64. The van der Waals surface area contributed by atoms with Gasteiger partial charge >= 0.3 is 0 Å². The Morgan fingerprint density at radius 1 is 1.05 bits per heavy atom. The van der Waals surface area contributed by atoms with Crippen LogP contribution in [0.5, 0.6) is 0 Å². The highest BCUT2D eigenvalue weighted by molar-refractivity contribution is 7.98. The van der Waals surface area contributed by atoms with E-state index in [-0.39, 0.29) is 5.78 Å². The van der Waals surface area contributed by atoms with Crippen LogP contribution in [0.25, 0.3) is 0 Å². The van der Waals surface area contributed by atoms with Gasteiger partial charge in [0.15, 0.2) is 5.78 Å². The van der Waals surface area contributed by atoms with E-state index in [1.54, 1.807) is 11.8 Å². The molecule has 106 valence electrons. The summed E-state index contributed by atoms with van der Waals surface area (Å²) < 4.78 is 0. The van der Waals surface area contributed by atoms with Crippen LogP contribution in [-0.2, 0) is 6.42 Å². The Balaban J connectivity index is 2.32. The SMILES string of the molecule is CCCCCCCc1ccc(C(=O)CCSC)cc1. The van der Waals surface area contributed by atoms with Gasteiger partial charge in [0.05, 0.1) is 0 Å². The van der Waals surface area contributed by atoms with Gasteiger partial charge in [0.1, 0.15) is 0 Å². The van der Waals surface area contributed by atoms with Crippen molar-refractivity contribution in [3.63, 3.8) is 0 Å². The van der Waals surface area contributed by atoms with Crippen molar-refractivity contribution in [2.24, 2.45) is 0 Å². The number of hydrogen-bond acceptors (Lipinski definition) is 2. The van der Waals surface area contributed by atoms with E-state index in [0.717, 1.165) is 17.7 Å². The molecule has 0 saturated heterocycles. The Bertz CT molecular complexity index is 356. The third kappa shape index (κ3) is 6.81. The van der Waals surface area contributed by atoms with Gasteiger partial charge in [0, 0.05) is 17.7 Å². The van der Waals surface area contributed by atoms with Gasteiger partial charge < -0.3 is 0 Å². The molecule has 0 aliphatic rings. The number of hydrogen-bond donors (Lipinski definition) is 0. The highest BCUT2D eigenvalue weighted by Crippen LogP contribution is 2.12. The number of aryl methyl sites for hydroxylation is 1. The molecule has 1 aromatic carbocycles. The number of carbonyl (C=O) groups excluding carboxylic acids is 1. The lowest BCUT2D eigenvalue weighted by Gasteiger charge is -2.04. The molecule has 0 radical (unpaired) electrons. The normalized spacial score (nSPS) is 10.6. The summed E-state index contributed by atoms with van der Waals surface area (Å²) in [5, 5.41) is 0. The summed E-state index contributed by atoms with van der Waals surface area (Å²) >= 11 is 1.72. The second-order valence-corrected chi connectivity index (χ2v) is 6.01. The van der Waals surface area contributed by atoms with E-state index in [4.69, 9.17) is 0 Å². The van der Waals surface area contributed by atoms with E-state index in [1.165, 1.54) is 37.7 Å². The van der Waals surface area contributed by atoms with Crippen LogP contribution >= 0.6 is 11.8 Å². The molecule has 19 heavy (non-hydrogen) atoms. The first-order chi connectivity index (χ1) is 9.27. The standard InChI is InChI=1S/C17H26OS/c1-3-4-5-6-7-8-15-9-11-16(12-10-15)17(18)13-14-19-2/h9-12H,3-8,13-14H2,1-2H3. The van der Waals surface area contributed by atoms with E-state index in [0.29, 0.717) is 6.42 Å².